The fourth-order valence-corrected chi connectivity index (χ4v) is 4.39. The number of fused-ring (bicyclic) bond motifs is 1. The van der Waals surface area contributed by atoms with Gasteiger partial charge in [0.25, 0.3) is 5.91 Å². The summed E-state index contributed by atoms with van der Waals surface area (Å²) in [7, 11) is 0.280. The van der Waals surface area contributed by atoms with Crippen molar-refractivity contribution in [3.8, 4) is 0 Å². The van der Waals surface area contributed by atoms with Crippen molar-refractivity contribution in [1.82, 2.24) is 20.1 Å². The third-order valence-electron chi connectivity index (χ3n) is 5.33. The molecule has 16 heteroatoms. The van der Waals surface area contributed by atoms with E-state index >= 15 is 0 Å². The van der Waals surface area contributed by atoms with Crippen LogP contribution in [-0.2, 0) is 23.2 Å². The van der Waals surface area contributed by atoms with Gasteiger partial charge < -0.3 is 19.1 Å². The van der Waals surface area contributed by atoms with Crippen LogP contribution in [0.2, 0.25) is 0 Å². The monoisotopic (exact) mass is 556 g/mol. The molecular formula is C22H27F2N6O7P. The Bertz CT molecular complexity index is 1380. The lowest BCUT2D eigenvalue weighted by Crippen LogP contribution is -2.23. The predicted octanol–water partition coefficient (Wildman–Crippen LogP) is 4.20. The lowest BCUT2D eigenvalue weighted by atomic mass is 10.0. The average Bonchev–Trinajstić information content (AvgIpc) is 3.24. The molecule has 2 amide bonds. The number of halogens is 2. The highest BCUT2D eigenvalue weighted by atomic mass is 31.2. The Hall–Kier alpha value is -3.65. The predicted molar refractivity (Wildman–Crippen MR) is 133 cm³/mol. The number of rotatable bonds is 11. The third-order valence-corrected chi connectivity index (χ3v) is 7.17. The second-order valence-electron chi connectivity index (χ2n) is 8.05. The first-order valence-electron chi connectivity index (χ1n) is 11.1. The highest BCUT2D eigenvalue weighted by Gasteiger charge is 2.24. The summed E-state index contributed by atoms with van der Waals surface area (Å²) >= 11 is 0. The first kappa shape index (κ1) is 28.9. The van der Waals surface area contributed by atoms with Gasteiger partial charge >= 0.3 is 13.7 Å². The fraction of sp³-hybridized carbons (Fsp3) is 0.364. The van der Waals surface area contributed by atoms with Crippen LogP contribution in [0.25, 0.3) is 5.52 Å². The highest BCUT2D eigenvalue weighted by Crippen LogP contribution is 2.45. The topological polar surface area (TPSA) is 154 Å². The summed E-state index contributed by atoms with van der Waals surface area (Å²) in [5.41, 5.74) is 2.56. The molecule has 0 saturated heterocycles. The second-order valence-corrected chi connectivity index (χ2v) is 10.4. The van der Waals surface area contributed by atoms with E-state index in [0.717, 1.165) is 6.07 Å². The van der Waals surface area contributed by atoms with Gasteiger partial charge in [-0.05, 0) is 12.0 Å². The standard InChI is InChI=1S/C22H27F2N6O7P/c1-12(2)18-17(28-22(32)37-6-7-38(33,35-4)36-5)10-30-19(18)20(25-11-26-30)27-16-8-13(21(31)29-34-3)14(23)9-15(16)24/h8-12H,6-7H2,1-5H3,(H,28,32)(H,29,31)(H,25,26,27). The lowest BCUT2D eigenvalue weighted by Gasteiger charge is -2.14. The van der Waals surface area contributed by atoms with Gasteiger partial charge in [0.05, 0.1) is 36.4 Å². The van der Waals surface area contributed by atoms with Gasteiger partial charge in [0, 0.05) is 25.8 Å². The van der Waals surface area contributed by atoms with E-state index in [9.17, 15) is 22.9 Å². The molecule has 0 aliphatic heterocycles. The van der Waals surface area contributed by atoms with Crippen LogP contribution in [0.5, 0.6) is 0 Å². The summed E-state index contributed by atoms with van der Waals surface area (Å²) in [4.78, 5) is 33.2. The van der Waals surface area contributed by atoms with Crippen molar-refractivity contribution in [2.75, 3.05) is 44.7 Å². The molecule has 0 atom stereocenters. The van der Waals surface area contributed by atoms with E-state index in [-0.39, 0.29) is 30.2 Å². The summed E-state index contributed by atoms with van der Waals surface area (Å²) in [6.07, 6.45) is 1.72. The Kier molecular flexibility index (Phi) is 9.33. The van der Waals surface area contributed by atoms with E-state index in [4.69, 9.17) is 13.8 Å². The molecule has 2 heterocycles. The van der Waals surface area contributed by atoms with E-state index in [0.29, 0.717) is 22.8 Å². The van der Waals surface area contributed by atoms with Crippen molar-refractivity contribution in [2.24, 2.45) is 0 Å². The van der Waals surface area contributed by atoms with E-state index < -0.39 is 36.8 Å². The molecule has 3 rings (SSSR count). The van der Waals surface area contributed by atoms with Crippen LogP contribution in [0.3, 0.4) is 0 Å². The largest absolute Gasteiger partial charge is 0.449 e. The number of anilines is 3. The molecule has 0 radical (unpaired) electrons. The summed E-state index contributed by atoms with van der Waals surface area (Å²) < 4.78 is 57.1. The lowest BCUT2D eigenvalue weighted by molar-refractivity contribution is 0.0533. The van der Waals surface area contributed by atoms with Gasteiger partial charge in [-0.1, -0.05) is 13.8 Å². The van der Waals surface area contributed by atoms with Crippen molar-refractivity contribution in [2.45, 2.75) is 19.8 Å². The fourth-order valence-electron chi connectivity index (χ4n) is 3.56. The molecule has 0 saturated carbocycles. The van der Waals surface area contributed by atoms with Crippen LogP contribution >= 0.6 is 7.60 Å². The Morgan fingerprint density at radius 2 is 1.82 bits per heavy atom. The molecule has 2 aromatic heterocycles. The number of carbonyl (C=O) groups is 2. The number of amides is 2. The number of hydroxylamine groups is 1. The van der Waals surface area contributed by atoms with Crippen molar-refractivity contribution < 1.29 is 41.6 Å². The molecule has 0 spiro atoms. The van der Waals surface area contributed by atoms with Crippen LogP contribution < -0.4 is 16.1 Å². The average molecular weight is 556 g/mol. The minimum Gasteiger partial charge on any atom is -0.449 e. The molecule has 0 aliphatic carbocycles. The quantitative estimate of drug-likeness (QED) is 0.231. The Balaban J connectivity index is 1.92. The SMILES string of the molecule is CONC(=O)c1cc(Nc2ncnn3cc(NC(=O)OCCP(=O)(OC)OC)c(C(C)C)c23)c(F)cc1F. The molecule has 206 valence electrons. The molecule has 0 bridgehead atoms. The summed E-state index contributed by atoms with van der Waals surface area (Å²) in [5.74, 6) is -3.04. The van der Waals surface area contributed by atoms with Gasteiger partial charge in [-0.3, -0.25) is 19.5 Å². The van der Waals surface area contributed by atoms with Crippen molar-refractivity contribution in [1.29, 1.82) is 0 Å². The number of aromatic nitrogens is 3. The minimum atomic E-state index is -3.35. The summed E-state index contributed by atoms with van der Waals surface area (Å²) in [6, 6.07) is 1.53. The highest BCUT2D eigenvalue weighted by molar-refractivity contribution is 7.53. The van der Waals surface area contributed by atoms with Gasteiger partial charge in [0.15, 0.2) is 5.82 Å². The number of carbonyl (C=O) groups excluding carboxylic acids is 2. The number of ether oxygens (including phenoxy) is 1. The summed E-state index contributed by atoms with van der Waals surface area (Å²) in [5, 5.41) is 9.53. The van der Waals surface area contributed by atoms with Gasteiger partial charge in [-0.2, -0.15) is 5.10 Å². The Labute approximate surface area is 216 Å². The minimum absolute atomic E-state index is 0.120. The number of benzene rings is 1. The summed E-state index contributed by atoms with van der Waals surface area (Å²) in [6.45, 7) is 3.47. The molecule has 0 unspecified atom stereocenters. The second kappa shape index (κ2) is 12.3. The number of nitrogens with zero attached hydrogens (tertiary/aromatic N) is 3. The Morgan fingerprint density at radius 3 is 2.45 bits per heavy atom. The van der Waals surface area contributed by atoms with Crippen LogP contribution in [0.15, 0.2) is 24.7 Å². The van der Waals surface area contributed by atoms with Crippen molar-refractivity contribution >= 4 is 42.3 Å². The molecule has 3 aromatic rings. The van der Waals surface area contributed by atoms with Crippen molar-refractivity contribution in [3.05, 3.63) is 47.4 Å². The van der Waals surface area contributed by atoms with Gasteiger partial charge in [-0.15, -0.1) is 0 Å². The first-order chi connectivity index (χ1) is 18.0. The zero-order valence-electron chi connectivity index (χ0n) is 21.2. The number of nitrogens with one attached hydrogen (secondary N) is 3. The number of hydrogen-bond acceptors (Lipinski definition) is 10. The van der Waals surface area contributed by atoms with E-state index in [1.165, 1.54) is 38.4 Å². The van der Waals surface area contributed by atoms with Gasteiger partial charge in [-0.25, -0.2) is 28.6 Å². The first-order valence-corrected chi connectivity index (χ1v) is 12.9. The van der Waals surface area contributed by atoms with Gasteiger partial charge in [0.2, 0.25) is 0 Å². The normalized spacial score (nSPS) is 11.6. The molecule has 1 aromatic carbocycles. The van der Waals surface area contributed by atoms with E-state index in [2.05, 4.69) is 25.6 Å². The van der Waals surface area contributed by atoms with E-state index in [1.807, 2.05) is 19.3 Å². The Morgan fingerprint density at radius 1 is 1.11 bits per heavy atom. The zero-order chi connectivity index (χ0) is 28.0. The number of hydrogen-bond donors (Lipinski definition) is 3. The van der Waals surface area contributed by atoms with Gasteiger partial charge in [0.1, 0.15) is 30.1 Å². The molecule has 0 aliphatic rings. The maximum atomic E-state index is 14.6. The van der Waals surface area contributed by atoms with Crippen LogP contribution in [0.1, 0.15) is 35.7 Å². The van der Waals surface area contributed by atoms with Crippen LogP contribution in [-0.4, -0.2) is 60.7 Å². The third kappa shape index (κ3) is 6.42. The smallest absolute Gasteiger partial charge is 0.411 e. The maximum absolute atomic E-state index is 14.6. The molecule has 13 nitrogen and oxygen atoms in total. The maximum Gasteiger partial charge on any atom is 0.411 e. The van der Waals surface area contributed by atoms with Crippen molar-refractivity contribution in [3.63, 3.8) is 0 Å². The molecule has 38 heavy (non-hydrogen) atoms. The van der Waals surface area contributed by atoms with Crippen LogP contribution in [0.4, 0.5) is 30.8 Å². The molecule has 0 fully saturated rings. The van der Waals surface area contributed by atoms with E-state index in [1.54, 1.807) is 0 Å². The molecule has 3 N–H and O–H groups in total. The zero-order valence-corrected chi connectivity index (χ0v) is 22.1. The molecular weight excluding hydrogens is 529 g/mol. The van der Waals surface area contributed by atoms with Crippen LogP contribution in [0, 0.1) is 11.6 Å².